The van der Waals surface area contributed by atoms with E-state index in [-0.39, 0.29) is 18.2 Å². The summed E-state index contributed by atoms with van der Waals surface area (Å²) in [7, 11) is 0. The number of nitrogens with one attached hydrogen (secondary N) is 1. The fraction of sp³-hybridized carbons (Fsp3) is 0.389. The van der Waals surface area contributed by atoms with E-state index in [2.05, 4.69) is 10.3 Å². The lowest BCUT2D eigenvalue weighted by atomic mass is 10.00. The molecule has 1 aliphatic carbocycles. The Kier molecular flexibility index (Phi) is 4.28. The molecule has 1 heterocycles. The Hall–Kier alpha value is -2.43. The maximum Gasteiger partial charge on any atom is 0.303 e. The second-order valence-corrected chi connectivity index (χ2v) is 6.20. The van der Waals surface area contributed by atoms with Gasteiger partial charge < -0.3 is 10.4 Å². The molecule has 0 aliphatic heterocycles. The SMILES string of the molecule is CC(CNC(=O)c1c2c(nc3ccccc13)CCC2)CC(=O)O. The van der Waals surface area contributed by atoms with Crippen LogP contribution in [0.15, 0.2) is 24.3 Å². The summed E-state index contributed by atoms with van der Waals surface area (Å²) in [5.41, 5.74) is 3.63. The van der Waals surface area contributed by atoms with Crippen molar-refractivity contribution in [3.05, 3.63) is 41.1 Å². The largest absolute Gasteiger partial charge is 0.481 e. The van der Waals surface area contributed by atoms with Gasteiger partial charge in [-0.3, -0.25) is 14.6 Å². The van der Waals surface area contributed by atoms with Crippen LogP contribution in [-0.2, 0) is 17.6 Å². The van der Waals surface area contributed by atoms with E-state index in [1.807, 2.05) is 31.2 Å². The molecule has 0 fully saturated rings. The van der Waals surface area contributed by atoms with Crippen LogP contribution in [0.4, 0.5) is 0 Å². The monoisotopic (exact) mass is 312 g/mol. The van der Waals surface area contributed by atoms with E-state index in [0.717, 1.165) is 41.4 Å². The molecule has 0 radical (unpaired) electrons. The first-order chi connectivity index (χ1) is 11.1. The molecular formula is C18H20N2O3. The molecule has 2 N–H and O–H groups in total. The lowest BCUT2D eigenvalue weighted by molar-refractivity contribution is -0.137. The molecule has 2 aromatic rings. The molecule has 1 aromatic carbocycles. The van der Waals surface area contributed by atoms with Crippen LogP contribution < -0.4 is 5.32 Å². The highest BCUT2D eigenvalue weighted by atomic mass is 16.4. The average molecular weight is 312 g/mol. The van der Waals surface area contributed by atoms with Gasteiger partial charge in [0.2, 0.25) is 0 Å². The van der Waals surface area contributed by atoms with E-state index in [4.69, 9.17) is 5.11 Å². The zero-order valence-electron chi connectivity index (χ0n) is 13.1. The highest BCUT2D eigenvalue weighted by Gasteiger charge is 2.23. The molecule has 0 bridgehead atoms. The molecule has 1 aromatic heterocycles. The topological polar surface area (TPSA) is 79.3 Å². The highest BCUT2D eigenvalue weighted by Crippen LogP contribution is 2.29. The number of hydrogen-bond acceptors (Lipinski definition) is 3. The Labute approximate surface area is 134 Å². The van der Waals surface area contributed by atoms with Gasteiger partial charge in [0.1, 0.15) is 0 Å². The smallest absolute Gasteiger partial charge is 0.303 e. The number of para-hydroxylation sites is 1. The maximum atomic E-state index is 12.7. The molecule has 3 rings (SSSR count). The van der Waals surface area contributed by atoms with Gasteiger partial charge in [-0.05, 0) is 36.8 Å². The van der Waals surface area contributed by atoms with E-state index in [9.17, 15) is 9.59 Å². The number of carbonyl (C=O) groups excluding carboxylic acids is 1. The van der Waals surface area contributed by atoms with Crippen molar-refractivity contribution < 1.29 is 14.7 Å². The van der Waals surface area contributed by atoms with Crippen molar-refractivity contribution in [2.24, 2.45) is 5.92 Å². The van der Waals surface area contributed by atoms with Crippen LogP contribution in [0.2, 0.25) is 0 Å². The molecular weight excluding hydrogens is 292 g/mol. The Balaban J connectivity index is 1.89. The quantitative estimate of drug-likeness (QED) is 0.889. The van der Waals surface area contributed by atoms with E-state index in [0.29, 0.717) is 12.1 Å². The number of aliphatic carboxylic acids is 1. The number of nitrogens with zero attached hydrogens (tertiary/aromatic N) is 1. The van der Waals surface area contributed by atoms with Crippen LogP contribution in [0, 0.1) is 5.92 Å². The van der Waals surface area contributed by atoms with Crippen LogP contribution in [-0.4, -0.2) is 28.5 Å². The zero-order chi connectivity index (χ0) is 16.4. The number of carboxylic acids is 1. The van der Waals surface area contributed by atoms with Crippen molar-refractivity contribution in [2.45, 2.75) is 32.6 Å². The number of hydrogen-bond donors (Lipinski definition) is 2. The van der Waals surface area contributed by atoms with Crippen molar-refractivity contribution in [3.8, 4) is 0 Å². The van der Waals surface area contributed by atoms with Crippen LogP contribution in [0.1, 0.15) is 41.4 Å². The molecule has 5 heteroatoms. The van der Waals surface area contributed by atoms with Crippen LogP contribution in [0.5, 0.6) is 0 Å². The van der Waals surface area contributed by atoms with Crippen molar-refractivity contribution in [3.63, 3.8) is 0 Å². The number of fused-ring (bicyclic) bond motifs is 2. The minimum absolute atomic E-state index is 0.0511. The molecule has 1 atom stereocenters. The van der Waals surface area contributed by atoms with Gasteiger partial charge in [-0.15, -0.1) is 0 Å². The van der Waals surface area contributed by atoms with Gasteiger partial charge >= 0.3 is 5.97 Å². The number of pyridine rings is 1. The lowest BCUT2D eigenvalue weighted by Crippen LogP contribution is -2.30. The average Bonchev–Trinajstić information content (AvgIpc) is 2.97. The minimum Gasteiger partial charge on any atom is -0.481 e. The van der Waals surface area contributed by atoms with Crippen molar-refractivity contribution in [1.82, 2.24) is 10.3 Å². The molecule has 0 saturated heterocycles. The Morgan fingerprint density at radius 2 is 2.09 bits per heavy atom. The van der Waals surface area contributed by atoms with Crippen molar-refractivity contribution in [2.75, 3.05) is 6.54 Å². The number of rotatable bonds is 5. The molecule has 5 nitrogen and oxygen atoms in total. The third-order valence-corrected chi connectivity index (χ3v) is 4.28. The van der Waals surface area contributed by atoms with Gasteiger partial charge in [0.15, 0.2) is 0 Å². The fourth-order valence-corrected chi connectivity index (χ4v) is 3.20. The first-order valence-electron chi connectivity index (χ1n) is 7.96. The zero-order valence-corrected chi connectivity index (χ0v) is 13.1. The number of carbonyl (C=O) groups is 2. The molecule has 23 heavy (non-hydrogen) atoms. The van der Waals surface area contributed by atoms with E-state index in [1.54, 1.807) is 0 Å². The van der Waals surface area contributed by atoms with E-state index < -0.39 is 5.97 Å². The number of benzene rings is 1. The minimum atomic E-state index is -0.845. The fourth-order valence-electron chi connectivity index (χ4n) is 3.20. The summed E-state index contributed by atoms with van der Waals surface area (Å²) in [6, 6.07) is 7.69. The van der Waals surface area contributed by atoms with Gasteiger partial charge in [-0.25, -0.2) is 0 Å². The second-order valence-electron chi connectivity index (χ2n) is 6.20. The van der Waals surface area contributed by atoms with Crippen molar-refractivity contribution in [1.29, 1.82) is 0 Å². The number of aromatic nitrogens is 1. The summed E-state index contributed by atoms with van der Waals surface area (Å²) < 4.78 is 0. The summed E-state index contributed by atoms with van der Waals surface area (Å²) in [4.78, 5) is 28.1. The summed E-state index contributed by atoms with van der Waals surface area (Å²) in [6.07, 6.45) is 2.86. The normalized spacial score (nSPS) is 14.5. The van der Waals surface area contributed by atoms with Gasteiger partial charge in [-0.1, -0.05) is 25.1 Å². The first-order valence-corrected chi connectivity index (χ1v) is 7.96. The van der Waals surface area contributed by atoms with Gasteiger partial charge in [0, 0.05) is 24.0 Å². The molecule has 120 valence electrons. The predicted octanol–water partition coefficient (Wildman–Crippen LogP) is 2.56. The molecule has 1 amide bonds. The molecule has 1 unspecified atom stereocenters. The third-order valence-electron chi connectivity index (χ3n) is 4.28. The summed E-state index contributed by atoms with van der Waals surface area (Å²) >= 11 is 0. The molecule has 0 spiro atoms. The standard InChI is InChI=1S/C18H20N2O3/c1-11(9-16(21)22)10-19-18(23)17-12-5-2-3-7-14(12)20-15-8-4-6-13(15)17/h2-3,5,7,11H,4,6,8-10H2,1H3,(H,19,23)(H,21,22). The Morgan fingerprint density at radius 3 is 2.87 bits per heavy atom. The summed E-state index contributed by atoms with van der Waals surface area (Å²) in [5.74, 6) is -1.07. The second kappa shape index (κ2) is 6.36. The van der Waals surface area contributed by atoms with E-state index in [1.165, 1.54) is 0 Å². The van der Waals surface area contributed by atoms with Crippen LogP contribution in [0.25, 0.3) is 10.9 Å². The number of amides is 1. The summed E-state index contributed by atoms with van der Waals surface area (Å²) in [5, 5.41) is 12.6. The van der Waals surface area contributed by atoms with Crippen LogP contribution in [0.3, 0.4) is 0 Å². The molecule has 1 aliphatic rings. The van der Waals surface area contributed by atoms with E-state index >= 15 is 0 Å². The first kappa shape index (κ1) is 15.5. The lowest BCUT2D eigenvalue weighted by Gasteiger charge is -2.14. The molecule has 0 saturated carbocycles. The number of aryl methyl sites for hydroxylation is 1. The Bertz CT molecular complexity index is 770. The maximum absolute atomic E-state index is 12.7. The summed E-state index contributed by atoms with van der Waals surface area (Å²) in [6.45, 7) is 2.18. The van der Waals surface area contributed by atoms with Gasteiger partial charge in [0.05, 0.1) is 11.1 Å². The van der Waals surface area contributed by atoms with Gasteiger partial charge in [0.25, 0.3) is 5.91 Å². The third kappa shape index (κ3) is 3.18. The van der Waals surface area contributed by atoms with Crippen molar-refractivity contribution >= 4 is 22.8 Å². The highest BCUT2D eigenvalue weighted by molar-refractivity contribution is 6.07. The Morgan fingerprint density at radius 1 is 1.30 bits per heavy atom. The predicted molar refractivity (Wildman–Crippen MR) is 87.5 cm³/mol. The van der Waals surface area contributed by atoms with Gasteiger partial charge in [-0.2, -0.15) is 0 Å². The number of carboxylic acid groups (broad SMARTS) is 1. The van der Waals surface area contributed by atoms with Crippen LogP contribution >= 0.6 is 0 Å².